The number of hydrogen-bond acceptors (Lipinski definition) is 3. The van der Waals surface area contributed by atoms with Gasteiger partial charge in [0.15, 0.2) is 0 Å². The molecule has 0 aliphatic heterocycles. The molecule has 2 unspecified atom stereocenters. The number of thiophene rings is 1. The highest BCUT2D eigenvalue weighted by Crippen LogP contribution is 2.33. The van der Waals surface area contributed by atoms with E-state index in [0.717, 1.165) is 30.4 Å². The molecule has 0 spiro atoms. The Kier molecular flexibility index (Phi) is 4.07. The monoisotopic (exact) mass is 266 g/mol. The smallest absolute Gasteiger partial charge is 0.252 e. The summed E-state index contributed by atoms with van der Waals surface area (Å²) >= 11 is 1.57. The van der Waals surface area contributed by atoms with Crippen LogP contribution in [0.1, 0.15) is 48.5 Å². The lowest BCUT2D eigenvalue weighted by atomic mass is 9.73. The maximum atomic E-state index is 12.3. The van der Waals surface area contributed by atoms with E-state index in [1.807, 2.05) is 17.7 Å². The van der Waals surface area contributed by atoms with E-state index < -0.39 is 0 Å². The van der Waals surface area contributed by atoms with Crippen LogP contribution in [0.15, 0.2) is 10.8 Å². The fourth-order valence-electron chi connectivity index (χ4n) is 2.84. The van der Waals surface area contributed by atoms with Crippen molar-refractivity contribution in [3.8, 4) is 0 Å². The largest absolute Gasteiger partial charge is 0.345 e. The Bertz CT molecular complexity index is 429. The van der Waals surface area contributed by atoms with Gasteiger partial charge in [0.25, 0.3) is 5.91 Å². The average molecular weight is 266 g/mol. The van der Waals surface area contributed by atoms with Gasteiger partial charge in [0.2, 0.25) is 0 Å². The van der Waals surface area contributed by atoms with Crippen LogP contribution in [-0.2, 0) is 0 Å². The first-order valence-corrected chi connectivity index (χ1v) is 7.59. The molecule has 0 bridgehead atoms. The quantitative estimate of drug-likeness (QED) is 0.883. The van der Waals surface area contributed by atoms with E-state index in [9.17, 15) is 4.79 Å². The fourth-order valence-corrected chi connectivity index (χ4v) is 3.67. The van der Waals surface area contributed by atoms with Gasteiger partial charge in [-0.3, -0.25) is 4.79 Å². The molecule has 0 saturated heterocycles. The minimum absolute atomic E-state index is 0.0351. The van der Waals surface area contributed by atoms with Gasteiger partial charge >= 0.3 is 0 Å². The van der Waals surface area contributed by atoms with Gasteiger partial charge in [-0.15, -0.1) is 0 Å². The number of carbonyl (C=O) groups excluding carboxylic acids is 1. The molecule has 1 saturated carbocycles. The van der Waals surface area contributed by atoms with E-state index >= 15 is 0 Å². The summed E-state index contributed by atoms with van der Waals surface area (Å²) in [7, 11) is 0. The second-order valence-corrected chi connectivity index (χ2v) is 6.17. The summed E-state index contributed by atoms with van der Waals surface area (Å²) in [5.74, 6) is 0.493. The lowest BCUT2D eigenvalue weighted by Crippen LogP contribution is -2.59. The SMILES string of the molecule is Cc1cscc1C(=O)NC1(CN)CCCCC1C. The second-order valence-electron chi connectivity index (χ2n) is 5.43. The Morgan fingerprint density at radius 3 is 2.89 bits per heavy atom. The zero-order valence-electron chi connectivity index (χ0n) is 11.2. The molecule has 1 aliphatic carbocycles. The first kappa shape index (κ1) is 13.6. The minimum atomic E-state index is -0.205. The van der Waals surface area contributed by atoms with Gasteiger partial charge in [-0.2, -0.15) is 11.3 Å². The zero-order valence-corrected chi connectivity index (χ0v) is 12.0. The third kappa shape index (κ3) is 2.45. The van der Waals surface area contributed by atoms with Crippen LogP contribution in [0.2, 0.25) is 0 Å². The number of nitrogens with one attached hydrogen (secondary N) is 1. The third-order valence-corrected chi connectivity index (χ3v) is 5.14. The van der Waals surface area contributed by atoms with Crippen molar-refractivity contribution in [3.05, 3.63) is 21.9 Å². The lowest BCUT2D eigenvalue weighted by molar-refractivity contribution is 0.0812. The second kappa shape index (κ2) is 5.41. The Morgan fingerprint density at radius 1 is 1.56 bits per heavy atom. The lowest BCUT2D eigenvalue weighted by Gasteiger charge is -2.42. The summed E-state index contributed by atoms with van der Waals surface area (Å²) in [5, 5.41) is 7.15. The minimum Gasteiger partial charge on any atom is -0.345 e. The van der Waals surface area contributed by atoms with Crippen molar-refractivity contribution in [2.75, 3.05) is 6.54 Å². The van der Waals surface area contributed by atoms with Gasteiger partial charge in [0.05, 0.1) is 11.1 Å². The van der Waals surface area contributed by atoms with Gasteiger partial charge in [0, 0.05) is 11.9 Å². The van der Waals surface area contributed by atoms with Crippen LogP contribution in [0, 0.1) is 12.8 Å². The summed E-state index contributed by atoms with van der Waals surface area (Å²) in [5.41, 5.74) is 7.60. The van der Waals surface area contributed by atoms with E-state index in [4.69, 9.17) is 5.73 Å². The molecule has 1 heterocycles. The molecular formula is C14H22N2OS. The molecule has 3 N–H and O–H groups in total. The van der Waals surface area contributed by atoms with Crippen molar-refractivity contribution >= 4 is 17.2 Å². The Morgan fingerprint density at radius 2 is 2.33 bits per heavy atom. The zero-order chi connectivity index (χ0) is 13.2. The van der Waals surface area contributed by atoms with Crippen LogP contribution < -0.4 is 11.1 Å². The van der Waals surface area contributed by atoms with Crippen molar-refractivity contribution in [2.24, 2.45) is 11.7 Å². The summed E-state index contributed by atoms with van der Waals surface area (Å²) in [6.07, 6.45) is 4.56. The Labute approximate surface area is 113 Å². The summed E-state index contributed by atoms with van der Waals surface area (Å²) in [6, 6.07) is 0. The van der Waals surface area contributed by atoms with Crippen LogP contribution in [0.4, 0.5) is 0 Å². The van der Waals surface area contributed by atoms with Crippen molar-refractivity contribution in [3.63, 3.8) is 0 Å². The highest BCUT2D eigenvalue weighted by atomic mass is 32.1. The maximum absolute atomic E-state index is 12.3. The Hall–Kier alpha value is -0.870. The molecule has 1 aliphatic rings. The predicted molar refractivity (Wildman–Crippen MR) is 75.9 cm³/mol. The number of amides is 1. The number of rotatable bonds is 3. The molecule has 0 radical (unpaired) electrons. The molecule has 3 nitrogen and oxygen atoms in total. The van der Waals surface area contributed by atoms with Crippen LogP contribution in [0.5, 0.6) is 0 Å². The number of nitrogens with two attached hydrogens (primary N) is 1. The van der Waals surface area contributed by atoms with Gasteiger partial charge in [-0.05, 0) is 36.6 Å². The van der Waals surface area contributed by atoms with Crippen molar-refractivity contribution < 1.29 is 4.79 Å². The molecule has 1 fully saturated rings. The van der Waals surface area contributed by atoms with Crippen LogP contribution >= 0.6 is 11.3 Å². The first-order chi connectivity index (χ1) is 8.59. The van der Waals surface area contributed by atoms with Crippen molar-refractivity contribution in [2.45, 2.75) is 45.1 Å². The molecule has 0 aromatic carbocycles. The summed E-state index contributed by atoms with van der Waals surface area (Å²) < 4.78 is 0. The summed E-state index contributed by atoms with van der Waals surface area (Å²) in [6.45, 7) is 4.71. The summed E-state index contributed by atoms with van der Waals surface area (Å²) in [4.78, 5) is 12.3. The van der Waals surface area contributed by atoms with Gasteiger partial charge < -0.3 is 11.1 Å². The predicted octanol–water partition coefficient (Wildman–Crippen LogP) is 2.69. The first-order valence-electron chi connectivity index (χ1n) is 6.64. The number of hydrogen-bond donors (Lipinski definition) is 2. The van der Waals surface area contributed by atoms with E-state index in [2.05, 4.69) is 12.2 Å². The van der Waals surface area contributed by atoms with E-state index in [1.54, 1.807) is 11.3 Å². The standard InChI is InChI=1S/C14H22N2OS/c1-10-7-18-8-12(10)13(17)16-14(9-15)6-4-3-5-11(14)2/h7-8,11H,3-6,9,15H2,1-2H3,(H,16,17). The van der Waals surface area contributed by atoms with Crippen LogP contribution in [-0.4, -0.2) is 18.0 Å². The normalized spacial score (nSPS) is 28.1. The van der Waals surface area contributed by atoms with Crippen LogP contribution in [0.25, 0.3) is 0 Å². The van der Waals surface area contributed by atoms with Gasteiger partial charge in [-0.1, -0.05) is 19.8 Å². The molecule has 100 valence electrons. The molecule has 1 aromatic rings. The topological polar surface area (TPSA) is 55.1 Å². The highest BCUT2D eigenvalue weighted by molar-refractivity contribution is 7.08. The number of carbonyl (C=O) groups is 1. The van der Waals surface area contributed by atoms with E-state index in [0.29, 0.717) is 12.5 Å². The van der Waals surface area contributed by atoms with Gasteiger partial charge in [-0.25, -0.2) is 0 Å². The molecule has 1 amide bonds. The van der Waals surface area contributed by atoms with Crippen molar-refractivity contribution in [1.82, 2.24) is 5.32 Å². The molecule has 2 rings (SSSR count). The van der Waals surface area contributed by atoms with E-state index in [1.165, 1.54) is 6.42 Å². The third-order valence-electron chi connectivity index (χ3n) is 4.28. The molecule has 18 heavy (non-hydrogen) atoms. The Balaban J connectivity index is 2.15. The average Bonchev–Trinajstić information content (AvgIpc) is 2.78. The van der Waals surface area contributed by atoms with Crippen LogP contribution in [0.3, 0.4) is 0 Å². The molecule has 1 aromatic heterocycles. The molecule has 2 atom stereocenters. The highest BCUT2D eigenvalue weighted by Gasteiger charge is 2.38. The maximum Gasteiger partial charge on any atom is 0.252 e. The van der Waals surface area contributed by atoms with Crippen molar-refractivity contribution in [1.29, 1.82) is 0 Å². The van der Waals surface area contributed by atoms with Gasteiger partial charge in [0.1, 0.15) is 0 Å². The molecular weight excluding hydrogens is 244 g/mol. The fraction of sp³-hybridized carbons (Fsp3) is 0.643. The van der Waals surface area contributed by atoms with E-state index in [-0.39, 0.29) is 11.4 Å². The number of aryl methyl sites for hydroxylation is 1. The molecule has 4 heteroatoms.